The summed E-state index contributed by atoms with van der Waals surface area (Å²) in [7, 11) is 4.80. The summed E-state index contributed by atoms with van der Waals surface area (Å²) in [5.41, 5.74) is 0. The molecule has 0 aliphatic carbocycles. The van der Waals surface area contributed by atoms with E-state index >= 15 is 0 Å². The Morgan fingerprint density at radius 3 is 0.944 bits per heavy atom. The van der Waals surface area contributed by atoms with Crippen molar-refractivity contribution in [1.82, 2.24) is 0 Å². The van der Waals surface area contributed by atoms with Crippen molar-refractivity contribution in [2.24, 2.45) is 0 Å². The number of hydrogen-bond donors (Lipinski definition) is 0. The van der Waals surface area contributed by atoms with Crippen molar-refractivity contribution in [3.8, 4) is 0 Å². The van der Waals surface area contributed by atoms with Crippen molar-refractivity contribution in [1.29, 1.82) is 0 Å². The summed E-state index contributed by atoms with van der Waals surface area (Å²) in [4.78, 5) is 0. The Hall–Kier alpha value is -0.540. The van der Waals surface area contributed by atoms with Gasteiger partial charge in [-0.05, 0) is 6.92 Å². The zero-order chi connectivity index (χ0) is 16.2. The molecular weight excluding hydrogens is 228 g/mol. The van der Waals surface area contributed by atoms with Crippen LogP contribution in [0.3, 0.4) is 0 Å². The van der Waals surface area contributed by atoms with E-state index in [2.05, 4.69) is 14.2 Å². The van der Waals surface area contributed by atoms with Crippen LogP contribution in [0.25, 0.3) is 0 Å². The van der Waals surface area contributed by atoms with Gasteiger partial charge < -0.3 is 14.2 Å². The van der Waals surface area contributed by atoms with Crippen molar-refractivity contribution in [3.63, 3.8) is 0 Å². The summed E-state index contributed by atoms with van der Waals surface area (Å²) in [5, 5.41) is 0. The first-order chi connectivity index (χ1) is 8.83. The molecule has 0 radical (unpaired) electrons. The molecule has 0 amide bonds. The van der Waals surface area contributed by atoms with Gasteiger partial charge in [0.05, 0.1) is 13.4 Å². The highest BCUT2D eigenvalue weighted by atomic mass is 16.6. The van der Waals surface area contributed by atoms with Crippen molar-refractivity contribution >= 4 is 0 Å². The van der Waals surface area contributed by atoms with Gasteiger partial charge in [-0.1, -0.05) is 61.5 Å². The second-order valence-electron chi connectivity index (χ2n) is 1.40. The van der Waals surface area contributed by atoms with Gasteiger partial charge in [0.2, 0.25) is 0 Å². The molecule has 0 fully saturated rings. The van der Waals surface area contributed by atoms with Gasteiger partial charge in [-0.2, -0.15) is 0 Å². The van der Waals surface area contributed by atoms with Crippen LogP contribution in [0, 0.1) is 0 Å². The Labute approximate surface area is 118 Å². The van der Waals surface area contributed by atoms with Gasteiger partial charge in [0.1, 0.15) is 6.79 Å². The summed E-state index contributed by atoms with van der Waals surface area (Å²) in [6, 6.07) is 0. The lowest BCUT2D eigenvalue weighted by Gasteiger charge is -1.87. The van der Waals surface area contributed by atoms with E-state index in [0.29, 0.717) is 6.79 Å². The summed E-state index contributed by atoms with van der Waals surface area (Å²) < 4.78 is 13.4. The molecule has 0 aliphatic heterocycles. The molecule has 0 atom stereocenters. The molecular formula is C15H40O3. The van der Waals surface area contributed by atoms with E-state index in [1.807, 2.05) is 68.4 Å². The van der Waals surface area contributed by atoms with E-state index in [4.69, 9.17) is 0 Å². The highest BCUT2D eigenvalue weighted by Crippen LogP contribution is 1.64. The Morgan fingerprint density at radius 2 is 0.944 bits per heavy atom. The number of rotatable bonds is 3. The Kier molecular flexibility index (Phi) is 264. The van der Waals surface area contributed by atoms with E-state index < -0.39 is 0 Å². The second-order valence-corrected chi connectivity index (χ2v) is 1.40. The topological polar surface area (TPSA) is 27.7 Å². The van der Waals surface area contributed by atoms with E-state index in [1.165, 1.54) is 0 Å². The summed E-state index contributed by atoms with van der Waals surface area (Å²) >= 11 is 0. The first-order valence-corrected chi connectivity index (χ1v) is 6.95. The van der Waals surface area contributed by atoms with Crippen LogP contribution in [0.15, 0.2) is 12.3 Å². The summed E-state index contributed by atoms with van der Waals surface area (Å²) in [6.45, 7) is 18.3. The molecule has 0 heterocycles. The SMILES string of the molecule is C/C=C\OC.CC.CC.CC.CC.COCOC. The normalized spacial score (nSPS) is 6.22. The fraction of sp³-hybridized carbons (Fsp3) is 0.867. The monoisotopic (exact) mass is 268 g/mol. The van der Waals surface area contributed by atoms with Crippen LogP contribution in [0.5, 0.6) is 0 Å². The van der Waals surface area contributed by atoms with Gasteiger partial charge >= 0.3 is 0 Å². The Balaban J connectivity index is -0.0000000260. The van der Waals surface area contributed by atoms with Gasteiger partial charge in [-0.25, -0.2) is 0 Å². The fourth-order valence-corrected chi connectivity index (χ4v) is 0.254. The van der Waals surface area contributed by atoms with Crippen molar-refractivity contribution < 1.29 is 14.2 Å². The van der Waals surface area contributed by atoms with Gasteiger partial charge in [0.25, 0.3) is 0 Å². The van der Waals surface area contributed by atoms with Crippen molar-refractivity contribution in [2.75, 3.05) is 28.1 Å². The van der Waals surface area contributed by atoms with Crippen LogP contribution in [0.2, 0.25) is 0 Å². The van der Waals surface area contributed by atoms with Gasteiger partial charge in [-0.15, -0.1) is 0 Å². The van der Waals surface area contributed by atoms with Crippen LogP contribution < -0.4 is 0 Å². The van der Waals surface area contributed by atoms with E-state index in [1.54, 1.807) is 27.6 Å². The molecule has 0 aromatic carbocycles. The van der Waals surface area contributed by atoms with Gasteiger partial charge in [-0.3, -0.25) is 0 Å². The predicted octanol–water partition coefficient (Wildman–Crippen LogP) is 5.51. The average Bonchev–Trinajstić information content (AvgIpc) is 2.50. The lowest BCUT2D eigenvalue weighted by atomic mass is 10.7. The van der Waals surface area contributed by atoms with E-state index in [0.717, 1.165) is 0 Å². The van der Waals surface area contributed by atoms with E-state index in [-0.39, 0.29) is 0 Å². The Morgan fingerprint density at radius 1 is 0.667 bits per heavy atom. The maximum Gasteiger partial charge on any atom is 0.145 e. The quantitative estimate of drug-likeness (QED) is 0.499. The molecule has 18 heavy (non-hydrogen) atoms. The molecule has 0 unspecified atom stereocenters. The molecule has 118 valence electrons. The molecule has 0 N–H and O–H groups in total. The van der Waals surface area contributed by atoms with Crippen LogP contribution in [0.4, 0.5) is 0 Å². The lowest BCUT2D eigenvalue weighted by molar-refractivity contribution is -0.00271. The second kappa shape index (κ2) is 132. The zero-order valence-corrected chi connectivity index (χ0v) is 15.1. The fourth-order valence-electron chi connectivity index (χ4n) is 0.254. The Bertz CT molecular complexity index is 62.8. The number of methoxy groups -OCH3 is 3. The summed E-state index contributed by atoms with van der Waals surface area (Å²) in [5.74, 6) is 0. The van der Waals surface area contributed by atoms with Crippen molar-refractivity contribution in [3.05, 3.63) is 12.3 Å². The van der Waals surface area contributed by atoms with Crippen LogP contribution in [-0.2, 0) is 14.2 Å². The number of hydrogen-bond acceptors (Lipinski definition) is 3. The minimum Gasteiger partial charge on any atom is -0.505 e. The standard InChI is InChI=1S/C4H8O.C3H8O2.4C2H6/c1-3-4-5-2;1-4-3-5-2;4*1-2/h3-4H,1-2H3;3H2,1-2H3;4*1-2H3/b4-3-;;;;;. The molecule has 0 bridgehead atoms. The highest BCUT2D eigenvalue weighted by molar-refractivity contribution is 4.63. The minimum absolute atomic E-state index is 0.389. The molecule has 0 aliphatic rings. The lowest BCUT2D eigenvalue weighted by Crippen LogP contribution is -1.87. The van der Waals surface area contributed by atoms with E-state index in [9.17, 15) is 0 Å². The maximum atomic E-state index is 4.51. The maximum absolute atomic E-state index is 4.51. The molecule has 0 spiro atoms. The number of allylic oxidation sites excluding steroid dienone is 1. The van der Waals surface area contributed by atoms with Crippen LogP contribution >= 0.6 is 0 Å². The van der Waals surface area contributed by atoms with Gasteiger partial charge in [0, 0.05) is 14.2 Å². The predicted molar refractivity (Wildman–Crippen MR) is 86.1 cm³/mol. The molecule has 0 saturated carbocycles. The molecule has 3 heteroatoms. The summed E-state index contributed by atoms with van der Waals surface area (Å²) in [6.07, 6.45) is 3.46. The molecule has 0 rings (SSSR count). The van der Waals surface area contributed by atoms with Crippen molar-refractivity contribution in [2.45, 2.75) is 62.3 Å². The largest absolute Gasteiger partial charge is 0.505 e. The molecule has 0 aromatic rings. The molecule has 3 nitrogen and oxygen atoms in total. The first-order valence-electron chi connectivity index (χ1n) is 6.95. The molecule has 0 aromatic heterocycles. The zero-order valence-electron chi connectivity index (χ0n) is 15.1. The number of ether oxygens (including phenoxy) is 3. The third-order valence-corrected chi connectivity index (χ3v) is 0.508. The third kappa shape index (κ3) is 270. The molecule has 0 saturated heterocycles. The van der Waals surface area contributed by atoms with Gasteiger partial charge in [0.15, 0.2) is 0 Å². The van der Waals surface area contributed by atoms with Crippen LogP contribution in [0.1, 0.15) is 62.3 Å². The van der Waals surface area contributed by atoms with Crippen LogP contribution in [-0.4, -0.2) is 28.1 Å². The highest BCUT2D eigenvalue weighted by Gasteiger charge is 1.63. The average molecular weight is 268 g/mol. The smallest absolute Gasteiger partial charge is 0.145 e. The first kappa shape index (κ1) is 36.0. The minimum atomic E-state index is 0.389. The third-order valence-electron chi connectivity index (χ3n) is 0.508.